The number of amides is 1. The molecule has 1 amide bonds. The van der Waals surface area contributed by atoms with Gasteiger partial charge in [0.25, 0.3) is 5.91 Å². The zero-order valence-electron chi connectivity index (χ0n) is 18.5. The van der Waals surface area contributed by atoms with Crippen LogP contribution in [0, 0.1) is 11.6 Å². The average molecular weight is 450 g/mol. The second-order valence-electron chi connectivity index (χ2n) is 8.20. The van der Waals surface area contributed by atoms with Crippen molar-refractivity contribution >= 4 is 17.3 Å². The Balaban J connectivity index is 1.50. The Morgan fingerprint density at radius 1 is 1.03 bits per heavy atom. The average Bonchev–Trinajstić information content (AvgIpc) is 3.28. The molecule has 0 aromatic heterocycles. The van der Waals surface area contributed by atoms with Gasteiger partial charge < -0.3 is 14.6 Å². The number of nitrogens with zero attached hydrogens (tertiary/aromatic N) is 3. The standard InChI is InChI=1S/C26H25F2N3O2/c1-30(2)22-12-10-18(11-13-22)25-15-23(33-29-25)17-31(16-20-6-3-4-9-24(20)28)26(32)19-7-5-8-21(27)14-19/h3-14,23H,15-17H2,1-2H3. The highest BCUT2D eigenvalue weighted by Gasteiger charge is 2.28. The third kappa shape index (κ3) is 5.37. The van der Waals surface area contributed by atoms with Gasteiger partial charge in [-0.05, 0) is 42.0 Å². The van der Waals surface area contributed by atoms with Gasteiger partial charge in [-0.25, -0.2) is 8.78 Å². The summed E-state index contributed by atoms with van der Waals surface area (Å²) in [6.45, 7) is 0.223. The van der Waals surface area contributed by atoms with Crippen molar-refractivity contribution in [2.24, 2.45) is 5.16 Å². The third-order valence-electron chi connectivity index (χ3n) is 5.55. The molecule has 4 rings (SSSR count). The molecule has 1 heterocycles. The molecule has 0 spiro atoms. The molecule has 0 bridgehead atoms. The number of carbonyl (C=O) groups is 1. The Kier molecular flexibility index (Phi) is 6.68. The topological polar surface area (TPSA) is 45.1 Å². The summed E-state index contributed by atoms with van der Waals surface area (Å²) < 4.78 is 28.0. The van der Waals surface area contributed by atoms with Crippen LogP contribution in [0.15, 0.2) is 78.0 Å². The van der Waals surface area contributed by atoms with E-state index in [1.807, 2.05) is 43.3 Å². The third-order valence-corrected chi connectivity index (χ3v) is 5.55. The number of halogens is 2. The smallest absolute Gasteiger partial charge is 0.254 e. The molecule has 5 nitrogen and oxygen atoms in total. The van der Waals surface area contributed by atoms with Gasteiger partial charge in [-0.15, -0.1) is 0 Å². The monoisotopic (exact) mass is 449 g/mol. The summed E-state index contributed by atoms with van der Waals surface area (Å²) in [6.07, 6.45) is 0.115. The maximum Gasteiger partial charge on any atom is 0.254 e. The number of benzene rings is 3. The van der Waals surface area contributed by atoms with E-state index < -0.39 is 23.6 Å². The van der Waals surface area contributed by atoms with Crippen molar-refractivity contribution in [2.45, 2.75) is 19.1 Å². The summed E-state index contributed by atoms with van der Waals surface area (Å²) in [7, 11) is 3.95. The Morgan fingerprint density at radius 2 is 1.79 bits per heavy atom. The molecule has 3 aromatic carbocycles. The molecule has 0 N–H and O–H groups in total. The predicted octanol–water partition coefficient (Wildman–Crippen LogP) is 4.87. The maximum atomic E-state index is 14.3. The Bertz CT molecular complexity index is 1160. The van der Waals surface area contributed by atoms with Crippen LogP contribution in [0.1, 0.15) is 27.9 Å². The number of anilines is 1. The van der Waals surface area contributed by atoms with E-state index in [9.17, 15) is 13.6 Å². The molecule has 170 valence electrons. The largest absolute Gasteiger partial charge is 0.390 e. The van der Waals surface area contributed by atoms with E-state index >= 15 is 0 Å². The van der Waals surface area contributed by atoms with E-state index in [2.05, 4.69) is 5.16 Å². The molecule has 3 aromatic rings. The van der Waals surface area contributed by atoms with Crippen molar-refractivity contribution in [3.05, 3.63) is 101 Å². The predicted molar refractivity (Wildman–Crippen MR) is 124 cm³/mol. The quantitative estimate of drug-likeness (QED) is 0.517. The molecule has 0 saturated carbocycles. The van der Waals surface area contributed by atoms with Crippen LogP contribution in [0.4, 0.5) is 14.5 Å². The van der Waals surface area contributed by atoms with Crippen LogP contribution in [0.3, 0.4) is 0 Å². The molecule has 1 unspecified atom stereocenters. The van der Waals surface area contributed by atoms with Crippen molar-refractivity contribution in [2.75, 3.05) is 25.5 Å². The summed E-state index contributed by atoms with van der Waals surface area (Å²) in [6, 6.07) is 19.7. The van der Waals surface area contributed by atoms with Gasteiger partial charge in [-0.3, -0.25) is 4.79 Å². The molecule has 0 saturated heterocycles. The van der Waals surface area contributed by atoms with Crippen LogP contribution >= 0.6 is 0 Å². The van der Waals surface area contributed by atoms with E-state index in [-0.39, 0.29) is 18.7 Å². The van der Waals surface area contributed by atoms with Gasteiger partial charge in [-0.2, -0.15) is 0 Å². The fourth-order valence-electron chi connectivity index (χ4n) is 3.75. The summed E-state index contributed by atoms with van der Waals surface area (Å²) in [4.78, 5) is 22.3. The lowest BCUT2D eigenvalue weighted by molar-refractivity contribution is 0.0402. The molecule has 1 aliphatic rings. The fourth-order valence-corrected chi connectivity index (χ4v) is 3.75. The molecule has 0 radical (unpaired) electrons. The number of rotatable bonds is 7. The SMILES string of the molecule is CN(C)c1ccc(C2=NOC(CN(Cc3ccccc3F)C(=O)c3cccc(F)c3)C2)cc1. The van der Waals surface area contributed by atoms with E-state index in [1.165, 1.54) is 29.2 Å². The van der Waals surface area contributed by atoms with E-state index in [0.29, 0.717) is 12.0 Å². The molecule has 33 heavy (non-hydrogen) atoms. The van der Waals surface area contributed by atoms with Crippen LogP contribution in [0.5, 0.6) is 0 Å². The summed E-state index contributed by atoms with van der Waals surface area (Å²) in [5, 5.41) is 4.22. The minimum absolute atomic E-state index is 0.0365. The van der Waals surface area contributed by atoms with E-state index in [1.54, 1.807) is 24.3 Å². The first-order valence-electron chi connectivity index (χ1n) is 10.7. The maximum absolute atomic E-state index is 14.3. The summed E-state index contributed by atoms with van der Waals surface area (Å²) >= 11 is 0. The van der Waals surface area contributed by atoms with Gasteiger partial charge in [0.15, 0.2) is 6.10 Å². The summed E-state index contributed by atoms with van der Waals surface area (Å²) in [5.41, 5.74) is 3.38. The lowest BCUT2D eigenvalue weighted by atomic mass is 10.0. The lowest BCUT2D eigenvalue weighted by Gasteiger charge is -2.25. The molecule has 1 atom stereocenters. The highest BCUT2D eigenvalue weighted by molar-refractivity contribution is 6.01. The second-order valence-corrected chi connectivity index (χ2v) is 8.20. The van der Waals surface area contributed by atoms with Crippen molar-refractivity contribution < 1.29 is 18.4 Å². The van der Waals surface area contributed by atoms with Crippen molar-refractivity contribution in [3.63, 3.8) is 0 Å². The second kappa shape index (κ2) is 9.81. The molecular formula is C26H25F2N3O2. The Hall–Kier alpha value is -3.74. The normalized spacial score (nSPS) is 15.0. The minimum atomic E-state index is -0.504. The van der Waals surface area contributed by atoms with Gasteiger partial charge in [0, 0.05) is 43.9 Å². The van der Waals surface area contributed by atoms with Gasteiger partial charge >= 0.3 is 0 Å². The van der Waals surface area contributed by atoms with Gasteiger partial charge in [0.05, 0.1) is 12.3 Å². The zero-order chi connectivity index (χ0) is 23.4. The van der Waals surface area contributed by atoms with Gasteiger partial charge in [-0.1, -0.05) is 41.6 Å². The Morgan fingerprint density at radius 3 is 2.48 bits per heavy atom. The highest BCUT2D eigenvalue weighted by atomic mass is 19.1. The van der Waals surface area contributed by atoms with Gasteiger partial charge in [0.2, 0.25) is 0 Å². The van der Waals surface area contributed by atoms with Crippen molar-refractivity contribution in [1.29, 1.82) is 0 Å². The summed E-state index contributed by atoms with van der Waals surface area (Å²) in [5.74, 6) is -1.31. The van der Waals surface area contributed by atoms with Crippen molar-refractivity contribution in [3.8, 4) is 0 Å². The number of hydrogen-bond acceptors (Lipinski definition) is 4. The van der Waals surface area contributed by atoms with Crippen LogP contribution in [-0.4, -0.2) is 43.3 Å². The molecule has 0 aliphatic carbocycles. The van der Waals surface area contributed by atoms with Gasteiger partial charge in [0.1, 0.15) is 11.6 Å². The fraction of sp³-hybridized carbons (Fsp3) is 0.231. The zero-order valence-corrected chi connectivity index (χ0v) is 18.5. The molecule has 7 heteroatoms. The Labute approximate surface area is 191 Å². The molecule has 0 fully saturated rings. The number of oxime groups is 1. The first-order valence-corrected chi connectivity index (χ1v) is 10.7. The van der Waals surface area contributed by atoms with Crippen LogP contribution in [0.25, 0.3) is 0 Å². The number of carbonyl (C=O) groups excluding carboxylic acids is 1. The van der Waals surface area contributed by atoms with Crippen LogP contribution in [-0.2, 0) is 11.4 Å². The minimum Gasteiger partial charge on any atom is -0.390 e. The van der Waals surface area contributed by atoms with Crippen molar-refractivity contribution in [1.82, 2.24) is 4.90 Å². The highest BCUT2D eigenvalue weighted by Crippen LogP contribution is 2.22. The van der Waals surface area contributed by atoms with Crippen LogP contribution in [0.2, 0.25) is 0 Å². The van der Waals surface area contributed by atoms with E-state index in [0.717, 1.165) is 17.0 Å². The first-order chi connectivity index (χ1) is 15.9. The number of hydrogen-bond donors (Lipinski definition) is 0. The van der Waals surface area contributed by atoms with Crippen LogP contribution < -0.4 is 4.90 Å². The van der Waals surface area contributed by atoms with E-state index in [4.69, 9.17) is 4.84 Å². The lowest BCUT2D eigenvalue weighted by Crippen LogP contribution is -2.37. The molecule has 1 aliphatic heterocycles. The molecular weight excluding hydrogens is 424 g/mol. The first kappa shape index (κ1) is 22.5.